The third kappa shape index (κ3) is 3.14. The van der Waals surface area contributed by atoms with E-state index in [4.69, 9.17) is 6.42 Å². The number of nitrogens with one attached hydrogen (secondary N) is 3. The van der Waals surface area contributed by atoms with Crippen LogP contribution in [0.1, 0.15) is 54.3 Å². The minimum Gasteiger partial charge on any atom is -0.350 e. The van der Waals surface area contributed by atoms with Gasteiger partial charge in [0.15, 0.2) is 11.4 Å². The fourth-order valence-electron chi connectivity index (χ4n) is 2.70. The van der Waals surface area contributed by atoms with E-state index in [9.17, 15) is 4.79 Å². The average Bonchev–Trinajstić information content (AvgIpc) is 2.97. The maximum Gasteiger partial charge on any atom is 0.273 e. The SMILES string of the molecule is C#CCCC1(CCNC(=O)c2n[nH]nc2C2CCCN2)N=N1. The lowest BCUT2D eigenvalue weighted by Gasteiger charge is -2.11. The molecular weight excluding hydrogens is 282 g/mol. The maximum absolute atomic E-state index is 12.2. The molecule has 0 saturated carbocycles. The molecule has 1 fully saturated rings. The summed E-state index contributed by atoms with van der Waals surface area (Å²) in [5.41, 5.74) is 0.679. The minimum atomic E-state index is -0.376. The Kier molecular flexibility index (Phi) is 4.15. The summed E-state index contributed by atoms with van der Waals surface area (Å²) in [6.45, 7) is 1.43. The molecule has 2 aliphatic rings. The summed E-state index contributed by atoms with van der Waals surface area (Å²) in [5.74, 6) is 2.37. The number of aromatic nitrogens is 3. The minimum absolute atomic E-state index is 0.106. The van der Waals surface area contributed by atoms with Gasteiger partial charge >= 0.3 is 0 Å². The topological polar surface area (TPSA) is 107 Å². The van der Waals surface area contributed by atoms with Crippen molar-refractivity contribution in [3.8, 4) is 12.3 Å². The predicted octanol–water partition coefficient (Wildman–Crippen LogP) is 0.925. The zero-order chi connectivity index (χ0) is 15.4. The summed E-state index contributed by atoms with van der Waals surface area (Å²) in [6, 6.07) is 0.106. The summed E-state index contributed by atoms with van der Waals surface area (Å²) in [7, 11) is 0. The summed E-state index contributed by atoms with van der Waals surface area (Å²) in [5, 5.41) is 24.9. The Morgan fingerprint density at radius 3 is 2.95 bits per heavy atom. The highest BCUT2D eigenvalue weighted by Gasteiger charge is 2.38. The maximum atomic E-state index is 12.2. The van der Waals surface area contributed by atoms with E-state index in [1.165, 1.54) is 0 Å². The Labute approximate surface area is 128 Å². The molecule has 1 unspecified atom stereocenters. The van der Waals surface area contributed by atoms with Crippen molar-refractivity contribution in [1.82, 2.24) is 26.0 Å². The van der Waals surface area contributed by atoms with Gasteiger partial charge in [0.2, 0.25) is 0 Å². The number of amides is 1. The third-order valence-electron chi connectivity index (χ3n) is 4.04. The number of carbonyl (C=O) groups is 1. The Balaban J connectivity index is 1.50. The van der Waals surface area contributed by atoms with E-state index in [0.29, 0.717) is 30.8 Å². The molecule has 1 atom stereocenters. The molecule has 0 radical (unpaired) electrons. The Morgan fingerprint density at radius 2 is 2.27 bits per heavy atom. The normalized spacial score (nSPS) is 21.5. The molecule has 0 bridgehead atoms. The number of rotatable bonds is 7. The smallest absolute Gasteiger partial charge is 0.273 e. The van der Waals surface area contributed by atoms with Gasteiger partial charge in [-0.25, -0.2) is 0 Å². The summed E-state index contributed by atoms with van der Waals surface area (Å²) < 4.78 is 0. The fourth-order valence-corrected chi connectivity index (χ4v) is 2.70. The molecule has 1 aromatic heterocycles. The quantitative estimate of drug-likeness (QED) is 0.651. The van der Waals surface area contributed by atoms with Crippen LogP contribution in [-0.2, 0) is 0 Å². The van der Waals surface area contributed by atoms with Crippen molar-refractivity contribution in [3.63, 3.8) is 0 Å². The van der Waals surface area contributed by atoms with Crippen molar-refractivity contribution in [3.05, 3.63) is 11.4 Å². The lowest BCUT2D eigenvalue weighted by atomic mass is 10.0. The zero-order valence-corrected chi connectivity index (χ0v) is 12.3. The second-order valence-corrected chi connectivity index (χ2v) is 5.60. The predicted molar refractivity (Wildman–Crippen MR) is 79.0 cm³/mol. The van der Waals surface area contributed by atoms with Crippen molar-refractivity contribution in [1.29, 1.82) is 0 Å². The van der Waals surface area contributed by atoms with Crippen LogP contribution in [0.4, 0.5) is 0 Å². The number of H-pyrrole nitrogens is 1. The van der Waals surface area contributed by atoms with Gasteiger partial charge in [-0.2, -0.15) is 25.6 Å². The molecule has 0 aromatic carbocycles. The zero-order valence-electron chi connectivity index (χ0n) is 12.3. The highest BCUT2D eigenvalue weighted by molar-refractivity contribution is 5.93. The number of aromatic amines is 1. The van der Waals surface area contributed by atoms with Gasteiger partial charge in [-0.05, 0) is 19.4 Å². The van der Waals surface area contributed by atoms with Gasteiger partial charge in [0.05, 0.1) is 6.04 Å². The monoisotopic (exact) mass is 301 g/mol. The van der Waals surface area contributed by atoms with Crippen molar-refractivity contribution in [2.75, 3.05) is 13.1 Å². The Hall–Kier alpha value is -2.27. The van der Waals surface area contributed by atoms with E-state index in [-0.39, 0.29) is 17.6 Å². The molecule has 2 aliphatic heterocycles. The first kappa shape index (κ1) is 14.7. The molecule has 8 nitrogen and oxygen atoms in total. The van der Waals surface area contributed by atoms with Crippen LogP contribution in [0.5, 0.6) is 0 Å². The average molecular weight is 301 g/mol. The van der Waals surface area contributed by atoms with E-state index >= 15 is 0 Å². The van der Waals surface area contributed by atoms with E-state index < -0.39 is 0 Å². The largest absolute Gasteiger partial charge is 0.350 e. The molecule has 116 valence electrons. The lowest BCUT2D eigenvalue weighted by Crippen LogP contribution is -2.30. The third-order valence-corrected chi connectivity index (χ3v) is 4.04. The molecular formula is C14H19N7O. The van der Waals surface area contributed by atoms with Crippen molar-refractivity contribution >= 4 is 5.91 Å². The number of terminal acetylenes is 1. The van der Waals surface area contributed by atoms with Crippen LogP contribution in [0.15, 0.2) is 10.2 Å². The van der Waals surface area contributed by atoms with E-state index in [2.05, 4.69) is 42.2 Å². The Morgan fingerprint density at radius 1 is 1.41 bits per heavy atom. The molecule has 3 heterocycles. The highest BCUT2D eigenvalue weighted by Crippen LogP contribution is 2.36. The van der Waals surface area contributed by atoms with Gasteiger partial charge in [0, 0.05) is 25.8 Å². The van der Waals surface area contributed by atoms with Crippen molar-refractivity contribution in [2.45, 2.75) is 43.8 Å². The molecule has 1 amide bonds. The van der Waals surface area contributed by atoms with E-state index in [1.54, 1.807) is 0 Å². The molecule has 1 aromatic rings. The van der Waals surface area contributed by atoms with Crippen molar-refractivity contribution in [2.24, 2.45) is 10.2 Å². The van der Waals surface area contributed by atoms with Gasteiger partial charge < -0.3 is 10.6 Å². The fraction of sp³-hybridized carbons (Fsp3) is 0.643. The van der Waals surface area contributed by atoms with Gasteiger partial charge in [-0.15, -0.1) is 12.3 Å². The van der Waals surface area contributed by atoms with Gasteiger partial charge in [0.25, 0.3) is 5.91 Å². The van der Waals surface area contributed by atoms with Crippen LogP contribution in [0.25, 0.3) is 0 Å². The standard InChI is InChI=1S/C14H19N7O/c1-2-3-6-14(19-20-14)7-9-16-13(22)12-11(17-21-18-12)10-5-4-8-15-10/h1,10,15H,3-9H2,(H,16,22)(H,17,18,21). The summed E-state index contributed by atoms with van der Waals surface area (Å²) in [4.78, 5) is 12.2. The van der Waals surface area contributed by atoms with Gasteiger partial charge in [-0.1, -0.05) is 0 Å². The van der Waals surface area contributed by atoms with E-state index in [0.717, 1.165) is 25.8 Å². The molecule has 0 aliphatic carbocycles. The number of hydrogen-bond acceptors (Lipinski definition) is 6. The van der Waals surface area contributed by atoms with Gasteiger partial charge in [0.1, 0.15) is 5.69 Å². The second-order valence-electron chi connectivity index (χ2n) is 5.60. The second kappa shape index (κ2) is 6.23. The summed E-state index contributed by atoms with van der Waals surface area (Å²) in [6.07, 6.45) is 9.35. The first-order valence-corrected chi connectivity index (χ1v) is 7.54. The lowest BCUT2D eigenvalue weighted by molar-refractivity contribution is 0.0945. The Bertz CT molecular complexity index is 603. The first-order valence-electron chi connectivity index (χ1n) is 7.54. The number of hydrogen-bond donors (Lipinski definition) is 3. The van der Waals surface area contributed by atoms with Crippen LogP contribution < -0.4 is 10.6 Å². The van der Waals surface area contributed by atoms with Crippen LogP contribution >= 0.6 is 0 Å². The molecule has 3 N–H and O–H groups in total. The van der Waals surface area contributed by atoms with Crippen LogP contribution in [0, 0.1) is 12.3 Å². The van der Waals surface area contributed by atoms with Gasteiger partial charge in [-0.3, -0.25) is 4.79 Å². The first-order chi connectivity index (χ1) is 10.7. The number of nitrogens with zero attached hydrogens (tertiary/aromatic N) is 4. The van der Waals surface area contributed by atoms with Crippen LogP contribution in [0.2, 0.25) is 0 Å². The number of carbonyl (C=O) groups excluding carboxylic acids is 1. The van der Waals surface area contributed by atoms with Crippen molar-refractivity contribution < 1.29 is 4.79 Å². The highest BCUT2D eigenvalue weighted by atomic mass is 16.2. The molecule has 22 heavy (non-hydrogen) atoms. The summed E-state index contributed by atoms with van der Waals surface area (Å²) >= 11 is 0. The van der Waals surface area contributed by atoms with Crippen LogP contribution in [0.3, 0.4) is 0 Å². The molecule has 1 saturated heterocycles. The molecule has 3 rings (SSSR count). The van der Waals surface area contributed by atoms with E-state index in [1.807, 2.05) is 0 Å². The van der Waals surface area contributed by atoms with Crippen LogP contribution in [-0.4, -0.2) is 40.1 Å². The molecule has 0 spiro atoms. The molecule has 8 heteroatoms.